The lowest BCUT2D eigenvalue weighted by Gasteiger charge is -2.39. The highest BCUT2D eigenvalue weighted by molar-refractivity contribution is 6.30. The van der Waals surface area contributed by atoms with E-state index < -0.39 is 5.54 Å². The first-order valence-electron chi connectivity index (χ1n) is 16.5. The molecule has 5 nitrogen and oxygen atoms in total. The van der Waals surface area contributed by atoms with Crippen molar-refractivity contribution in [3.05, 3.63) is 191 Å². The fourth-order valence-corrected chi connectivity index (χ4v) is 7.27. The van der Waals surface area contributed by atoms with Gasteiger partial charge in [0.1, 0.15) is 5.54 Å². The Morgan fingerprint density at radius 3 is 1.77 bits per heavy atom. The minimum atomic E-state index is -0.528. The van der Waals surface area contributed by atoms with Crippen molar-refractivity contribution in [1.29, 1.82) is 0 Å². The van der Waals surface area contributed by atoms with Crippen molar-refractivity contribution in [2.75, 3.05) is 32.7 Å². The van der Waals surface area contributed by atoms with Gasteiger partial charge in [-0.1, -0.05) is 121 Å². The largest absolute Gasteiger partial charge is 0.319 e. The number of pyridine rings is 1. The third-order valence-electron chi connectivity index (χ3n) is 9.43. The number of imidazole rings is 1. The van der Waals surface area contributed by atoms with Gasteiger partial charge in [0.05, 0.1) is 23.8 Å². The second-order valence-electron chi connectivity index (χ2n) is 12.3. The van der Waals surface area contributed by atoms with Crippen LogP contribution in [0.25, 0.3) is 0 Å². The molecule has 0 radical (unpaired) electrons. The normalized spacial score (nSPS) is 15.0. The van der Waals surface area contributed by atoms with Crippen molar-refractivity contribution in [2.24, 2.45) is 0 Å². The first-order valence-corrected chi connectivity index (χ1v) is 16.9. The van der Waals surface area contributed by atoms with E-state index in [4.69, 9.17) is 21.6 Å². The molecule has 4 aromatic carbocycles. The van der Waals surface area contributed by atoms with Gasteiger partial charge in [0.15, 0.2) is 0 Å². The number of rotatable bonds is 11. The van der Waals surface area contributed by atoms with Gasteiger partial charge < -0.3 is 9.47 Å². The summed E-state index contributed by atoms with van der Waals surface area (Å²) in [6, 6.07) is 46.9. The molecule has 7 rings (SSSR count). The predicted molar refractivity (Wildman–Crippen MR) is 191 cm³/mol. The van der Waals surface area contributed by atoms with Crippen LogP contribution in [0.4, 0.5) is 0 Å². The van der Waals surface area contributed by atoms with E-state index in [9.17, 15) is 0 Å². The molecular weight excluding hydrogens is 598 g/mol. The van der Waals surface area contributed by atoms with Crippen molar-refractivity contribution in [2.45, 2.75) is 24.4 Å². The first-order chi connectivity index (χ1) is 23.2. The van der Waals surface area contributed by atoms with Crippen LogP contribution >= 0.6 is 11.6 Å². The van der Waals surface area contributed by atoms with Gasteiger partial charge in [-0.2, -0.15) is 0 Å². The molecule has 0 spiro atoms. The molecular formula is C41H40ClN5. The zero-order valence-electron chi connectivity index (χ0n) is 26.6. The number of piperazine rings is 1. The molecule has 0 N–H and O–H groups in total. The lowest BCUT2D eigenvalue weighted by molar-refractivity contribution is 0.107. The monoisotopic (exact) mass is 637 g/mol. The molecule has 1 fully saturated rings. The number of halogens is 1. The molecule has 1 unspecified atom stereocenters. The summed E-state index contributed by atoms with van der Waals surface area (Å²) in [4.78, 5) is 14.9. The Bertz CT molecular complexity index is 1720. The van der Waals surface area contributed by atoms with Gasteiger partial charge in [-0.15, -0.1) is 0 Å². The molecule has 3 heterocycles. The molecule has 47 heavy (non-hydrogen) atoms. The molecule has 0 saturated carbocycles. The van der Waals surface area contributed by atoms with E-state index in [1.807, 2.05) is 30.7 Å². The molecule has 236 valence electrons. The van der Waals surface area contributed by atoms with E-state index in [0.29, 0.717) is 0 Å². The first kappa shape index (κ1) is 31.1. The Kier molecular flexibility index (Phi) is 9.57. The summed E-state index contributed by atoms with van der Waals surface area (Å²) in [5, 5.41) is 0.758. The number of hydrogen-bond donors (Lipinski definition) is 0. The van der Waals surface area contributed by atoms with Crippen LogP contribution in [0.15, 0.2) is 152 Å². The van der Waals surface area contributed by atoms with Gasteiger partial charge in [0.25, 0.3) is 0 Å². The summed E-state index contributed by atoms with van der Waals surface area (Å²) >= 11 is 6.23. The average Bonchev–Trinajstić information content (AvgIpc) is 3.61. The molecule has 1 aliphatic heterocycles. The van der Waals surface area contributed by atoms with Crippen molar-refractivity contribution in [1.82, 2.24) is 24.3 Å². The fourth-order valence-electron chi connectivity index (χ4n) is 7.14. The maximum absolute atomic E-state index is 6.23. The van der Waals surface area contributed by atoms with E-state index in [-0.39, 0.29) is 6.04 Å². The summed E-state index contributed by atoms with van der Waals surface area (Å²) in [7, 11) is 0. The van der Waals surface area contributed by atoms with Crippen LogP contribution in [0.5, 0.6) is 0 Å². The Balaban J connectivity index is 1.05. The van der Waals surface area contributed by atoms with Gasteiger partial charge in [0, 0.05) is 43.6 Å². The highest BCUT2D eigenvalue weighted by Gasteiger charge is 2.38. The second-order valence-corrected chi connectivity index (χ2v) is 12.7. The molecule has 6 aromatic rings. The maximum atomic E-state index is 6.23. The van der Waals surface area contributed by atoms with Crippen LogP contribution in [0.2, 0.25) is 5.02 Å². The highest BCUT2D eigenvalue weighted by Crippen LogP contribution is 2.41. The minimum Gasteiger partial charge on any atom is -0.319 e. The zero-order chi connectivity index (χ0) is 31.9. The predicted octanol–water partition coefficient (Wildman–Crippen LogP) is 8.11. The number of nitrogens with zero attached hydrogens (tertiary/aromatic N) is 5. The average molecular weight is 638 g/mol. The molecule has 0 bridgehead atoms. The summed E-state index contributed by atoms with van der Waals surface area (Å²) in [6.07, 6.45) is 8.17. The van der Waals surface area contributed by atoms with Gasteiger partial charge >= 0.3 is 0 Å². The molecule has 0 amide bonds. The van der Waals surface area contributed by atoms with Crippen molar-refractivity contribution >= 4 is 11.6 Å². The summed E-state index contributed by atoms with van der Waals surface area (Å²) in [5.74, 6) is 0. The molecule has 1 saturated heterocycles. The van der Waals surface area contributed by atoms with Crippen molar-refractivity contribution in [3.63, 3.8) is 0 Å². The number of aryl methyl sites for hydroxylation is 1. The van der Waals surface area contributed by atoms with Gasteiger partial charge in [0.2, 0.25) is 0 Å². The lowest BCUT2D eigenvalue weighted by atomic mass is 9.77. The second kappa shape index (κ2) is 14.5. The van der Waals surface area contributed by atoms with E-state index >= 15 is 0 Å². The van der Waals surface area contributed by atoms with Crippen LogP contribution in [0, 0.1) is 0 Å². The Morgan fingerprint density at radius 2 is 1.21 bits per heavy atom. The number of aromatic nitrogens is 3. The Morgan fingerprint density at radius 1 is 0.638 bits per heavy atom. The van der Waals surface area contributed by atoms with Crippen LogP contribution in [0.1, 0.15) is 46.1 Å². The van der Waals surface area contributed by atoms with Gasteiger partial charge in [-0.25, -0.2) is 4.98 Å². The third kappa shape index (κ3) is 6.66. The van der Waals surface area contributed by atoms with Crippen LogP contribution in [-0.2, 0) is 12.0 Å². The van der Waals surface area contributed by atoms with Gasteiger partial charge in [-0.3, -0.25) is 9.88 Å². The van der Waals surface area contributed by atoms with E-state index in [0.717, 1.165) is 62.0 Å². The van der Waals surface area contributed by atoms with Crippen LogP contribution < -0.4 is 0 Å². The molecule has 0 aliphatic carbocycles. The van der Waals surface area contributed by atoms with E-state index in [1.54, 1.807) is 0 Å². The Labute approximate surface area is 283 Å². The van der Waals surface area contributed by atoms with Crippen molar-refractivity contribution < 1.29 is 0 Å². The number of benzene rings is 4. The van der Waals surface area contributed by atoms with Gasteiger partial charge in [-0.05, 0) is 65.9 Å². The van der Waals surface area contributed by atoms with Crippen LogP contribution in [0.3, 0.4) is 0 Å². The number of hydrogen-bond acceptors (Lipinski definition) is 4. The minimum absolute atomic E-state index is 0.124. The van der Waals surface area contributed by atoms with E-state index in [2.05, 4.69) is 136 Å². The smallest absolute Gasteiger partial charge is 0.121 e. The Hall–Kier alpha value is -4.55. The molecule has 1 aliphatic rings. The highest BCUT2D eigenvalue weighted by atomic mass is 35.5. The quantitative estimate of drug-likeness (QED) is 0.135. The molecule has 2 aromatic heterocycles. The molecule has 6 heteroatoms. The van der Waals surface area contributed by atoms with Crippen LogP contribution in [-0.4, -0.2) is 57.1 Å². The topological polar surface area (TPSA) is 37.2 Å². The lowest BCUT2D eigenvalue weighted by Crippen LogP contribution is -2.48. The third-order valence-corrected chi connectivity index (χ3v) is 9.68. The summed E-state index contributed by atoms with van der Waals surface area (Å²) < 4.78 is 2.32. The fraction of sp³-hybridized carbons (Fsp3) is 0.220. The molecule has 1 atom stereocenters. The standard InChI is InChI=1S/C41H40ClN5/c42-37-23-21-33(22-24-37)40(39-20-10-11-25-43-39)46-29-27-45(28-30-46)26-12-19-38-31-47(32-44-38)41(34-13-4-1-5-14-34,35-15-6-2-7-16-35)36-17-8-3-9-18-36/h1-11,13-18,20-25,31-32,40H,12,19,26-30H2. The SMILES string of the molecule is Clc1ccc(C(c2ccccn2)N2CCN(CCCc3cn(C(c4ccccc4)(c4ccccc4)c4ccccc4)cn3)CC2)cc1. The summed E-state index contributed by atoms with van der Waals surface area (Å²) in [5.41, 5.74) is 6.53. The summed E-state index contributed by atoms with van der Waals surface area (Å²) in [6.45, 7) is 5.10. The zero-order valence-corrected chi connectivity index (χ0v) is 27.3. The van der Waals surface area contributed by atoms with E-state index in [1.165, 1.54) is 22.3 Å². The maximum Gasteiger partial charge on any atom is 0.121 e. The van der Waals surface area contributed by atoms with Crippen molar-refractivity contribution in [3.8, 4) is 0 Å².